The summed E-state index contributed by atoms with van der Waals surface area (Å²) < 4.78 is 0. The lowest BCUT2D eigenvalue weighted by Gasteiger charge is -2.18. The summed E-state index contributed by atoms with van der Waals surface area (Å²) in [7, 11) is 0. The van der Waals surface area contributed by atoms with E-state index in [1.807, 2.05) is 6.08 Å². The molecule has 1 aliphatic rings. The maximum atomic E-state index is 10.5. The SMILES string of the molecule is C=C(CCCCCC)C(=O)O.C=C(CCCCCCC)C(=O)O.CC(=CC1CCCCC1)C(=O)O. The fourth-order valence-electron chi connectivity index (χ4n) is 3.65. The highest BCUT2D eigenvalue weighted by atomic mass is 16.4. The van der Waals surface area contributed by atoms with Crippen molar-refractivity contribution < 1.29 is 29.7 Å². The van der Waals surface area contributed by atoms with Gasteiger partial charge in [-0.25, -0.2) is 14.4 Å². The quantitative estimate of drug-likeness (QED) is 0.156. The Labute approximate surface area is 213 Å². The van der Waals surface area contributed by atoms with Crippen molar-refractivity contribution in [1.82, 2.24) is 0 Å². The van der Waals surface area contributed by atoms with Crippen LogP contribution in [0.3, 0.4) is 0 Å². The van der Waals surface area contributed by atoms with Crippen molar-refractivity contribution in [3.05, 3.63) is 36.0 Å². The zero-order valence-electron chi connectivity index (χ0n) is 22.4. The van der Waals surface area contributed by atoms with Crippen LogP contribution in [0.25, 0.3) is 0 Å². The van der Waals surface area contributed by atoms with Gasteiger partial charge in [0, 0.05) is 16.7 Å². The van der Waals surface area contributed by atoms with E-state index in [0.717, 1.165) is 25.7 Å². The van der Waals surface area contributed by atoms with Gasteiger partial charge in [-0.2, -0.15) is 0 Å². The van der Waals surface area contributed by atoms with Crippen molar-refractivity contribution in [2.24, 2.45) is 5.92 Å². The van der Waals surface area contributed by atoms with Crippen LogP contribution in [0.4, 0.5) is 0 Å². The summed E-state index contributed by atoms with van der Waals surface area (Å²) >= 11 is 0. The molecular formula is C29H50O6. The van der Waals surface area contributed by atoms with E-state index in [-0.39, 0.29) is 0 Å². The molecule has 35 heavy (non-hydrogen) atoms. The minimum Gasteiger partial charge on any atom is -0.478 e. The molecule has 0 atom stereocenters. The first-order valence-corrected chi connectivity index (χ1v) is 13.3. The van der Waals surface area contributed by atoms with E-state index in [1.54, 1.807) is 6.92 Å². The fourth-order valence-corrected chi connectivity index (χ4v) is 3.65. The summed E-state index contributed by atoms with van der Waals surface area (Å²) in [6.07, 6.45) is 19.6. The first kappa shape index (κ1) is 34.8. The molecule has 1 aliphatic carbocycles. The van der Waals surface area contributed by atoms with E-state index in [1.165, 1.54) is 64.2 Å². The van der Waals surface area contributed by atoms with Gasteiger partial charge in [-0.05, 0) is 51.4 Å². The molecule has 0 amide bonds. The maximum absolute atomic E-state index is 10.5. The average Bonchev–Trinajstić information content (AvgIpc) is 2.82. The van der Waals surface area contributed by atoms with E-state index in [9.17, 15) is 14.4 Å². The Kier molecular flexibility index (Phi) is 23.2. The largest absolute Gasteiger partial charge is 0.478 e. The van der Waals surface area contributed by atoms with Gasteiger partial charge in [0.05, 0.1) is 0 Å². The van der Waals surface area contributed by atoms with Crippen molar-refractivity contribution in [3.8, 4) is 0 Å². The van der Waals surface area contributed by atoms with Crippen molar-refractivity contribution in [2.45, 2.75) is 124 Å². The number of hydrogen-bond acceptors (Lipinski definition) is 3. The van der Waals surface area contributed by atoms with E-state index in [0.29, 0.717) is 35.5 Å². The molecule has 0 spiro atoms. The molecule has 0 aromatic rings. The van der Waals surface area contributed by atoms with Crippen LogP contribution in [0.2, 0.25) is 0 Å². The highest BCUT2D eigenvalue weighted by Crippen LogP contribution is 2.25. The summed E-state index contributed by atoms with van der Waals surface area (Å²) in [6, 6.07) is 0. The van der Waals surface area contributed by atoms with Crippen LogP contribution in [0, 0.1) is 5.92 Å². The van der Waals surface area contributed by atoms with Gasteiger partial charge in [-0.15, -0.1) is 0 Å². The van der Waals surface area contributed by atoms with Gasteiger partial charge in [0.25, 0.3) is 0 Å². The standard InChI is InChI=1S/C10H16O2.C10H18O2.C9H16O2/c1-8(10(11)12)7-9-5-3-2-4-6-9;1-3-4-5-6-7-8-9(2)10(11)12;1-3-4-5-6-7-8(2)9(10)11/h7,9H,2-6H2,1H3,(H,11,12);2-8H2,1H3,(H,11,12);2-7H2,1H3,(H,10,11). The van der Waals surface area contributed by atoms with Crippen LogP contribution in [0.1, 0.15) is 124 Å². The first-order valence-electron chi connectivity index (χ1n) is 13.3. The van der Waals surface area contributed by atoms with Crippen LogP contribution in [0.15, 0.2) is 36.0 Å². The topological polar surface area (TPSA) is 112 Å². The normalized spacial score (nSPS) is 13.5. The molecule has 0 aliphatic heterocycles. The summed E-state index contributed by atoms with van der Waals surface area (Å²) in [5.74, 6) is -1.97. The van der Waals surface area contributed by atoms with Crippen LogP contribution in [-0.4, -0.2) is 33.2 Å². The van der Waals surface area contributed by atoms with Crippen LogP contribution < -0.4 is 0 Å². The number of carboxylic acids is 3. The number of hydrogen-bond donors (Lipinski definition) is 3. The Bertz CT molecular complexity index is 656. The maximum Gasteiger partial charge on any atom is 0.330 e. The van der Waals surface area contributed by atoms with Gasteiger partial charge in [0.1, 0.15) is 0 Å². The second-order valence-corrected chi connectivity index (χ2v) is 9.35. The van der Waals surface area contributed by atoms with Crippen molar-refractivity contribution in [3.63, 3.8) is 0 Å². The molecule has 0 saturated heterocycles. The summed E-state index contributed by atoms with van der Waals surface area (Å²) in [5.41, 5.74) is 1.18. The second-order valence-electron chi connectivity index (χ2n) is 9.35. The Balaban J connectivity index is 0. The molecule has 0 aromatic carbocycles. The smallest absolute Gasteiger partial charge is 0.330 e. The van der Waals surface area contributed by atoms with Crippen LogP contribution >= 0.6 is 0 Å². The number of unbranched alkanes of at least 4 members (excludes halogenated alkanes) is 7. The molecule has 0 radical (unpaired) electrons. The third kappa shape index (κ3) is 23.2. The molecule has 1 saturated carbocycles. The molecule has 6 heteroatoms. The van der Waals surface area contributed by atoms with Gasteiger partial charge in [0.15, 0.2) is 0 Å². The van der Waals surface area contributed by atoms with E-state index in [4.69, 9.17) is 15.3 Å². The molecule has 1 fully saturated rings. The third-order valence-electron chi connectivity index (χ3n) is 5.99. The molecule has 0 heterocycles. The molecule has 6 nitrogen and oxygen atoms in total. The fraction of sp³-hybridized carbons (Fsp3) is 0.690. The molecule has 0 bridgehead atoms. The predicted octanol–water partition coefficient (Wildman–Crippen LogP) is 8.18. The van der Waals surface area contributed by atoms with Gasteiger partial charge >= 0.3 is 17.9 Å². The number of rotatable bonds is 15. The van der Waals surface area contributed by atoms with E-state index >= 15 is 0 Å². The van der Waals surface area contributed by atoms with Gasteiger partial charge < -0.3 is 15.3 Å². The average molecular weight is 495 g/mol. The minimum absolute atomic E-state index is 0.334. The highest BCUT2D eigenvalue weighted by molar-refractivity contribution is 5.86. The Morgan fingerprint density at radius 1 is 0.686 bits per heavy atom. The van der Waals surface area contributed by atoms with Gasteiger partial charge in [0.2, 0.25) is 0 Å². The lowest BCUT2D eigenvalue weighted by Crippen LogP contribution is -2.06. The second kappa shape index (κ2) is 23.4. The Morgan fingerprint density at radius 2 is 1.09 bits per heavy atom. The Hall–Kier alpha value is -2.37. The minimum atomic E-state index is -0.860. The van der Waals surface area contributed by atoms with Crippen molar-refractivity contribution in [1.29, 1.82) is 0 Å². The van der Waals surface area contributed by atoms with Gasteiger partial charge in [-0.3, -0.25) is 0 Å². The van der Waals surface area contributed by atoms with E-state index < -0.39 is 17.9 Å². The number of allylic oxidation sites excluding steroid dienone is 1. The molecule has 1 rings (SSSR count). The molecule has 0 unspecified atom stereocenters. The number of aliphatic carboxylic acids is 3. The zero-order valence-corrected chi connectivity index (χ0v) is 22.4. The summed E-state index contributed by atoms with van der Waals surface area (Å²) in [4.78, 5) is 31.1. The van der Waals surface area contributed by atoms with Crippen LogP contribution in [-0.2, 0) is 14.4 Å². The lowest BCUT2D eigenvalue weighted by atomic mass is 9.88. The highest BCUT2D eigenvalue weighted by Gasteiger charge is 2.12. The lowest BCUT2D eigenvalue weighted by molar-refractivity contribution is -0.133. The first-order chi connectivity index (χ1) is 16.6. The predicted molar refractivity (Wildman–Crippen MR) is 144 cm³/mol. The summed E-state index contributed by atoms with van der Waals surface area (Å²) in [5, 5.41) is 25.6. The van der Waals surface area contributed by atoms with Crippen molar-refractivity contribution >= 4 is 17.9 Å². The number of carbonyl (C=O) groups is 3. The van der Waals surface area contributed by atoms with Crippen LogP contribution in [0.5, 0.6) is 0 Å². The molecule has 3 N–H and O–H groups in total. The van der Waals surface area contributed by atoms with E-state index in [2.05, 4.69) is 27.0 Å². The molecular weight excluding hydrogens is 444 g/mol. The molecule has 202 valence electrons. The third-order valence-corrected chi connectivity index (χ3v) is 5.99. The molecule has 0 aromatic heterocycles. The van der Waals surface area contributed by atoms with Crippen molar-refractivity contribution in [2.75, 3.05) is 0 Å². The number of carboxylic acid groups (broad SMARTS) is 3. The monoisotopic (exact) mass is 494 g/mol. The summed E-state index contributed by atoms with van der Waals surface area (Å²) in [6.45, 7) is 12.9. The zero-order chi connectivity index (χ0) is 27.1. The van der Waals surface area contributed by atoms with Gasteiger partial charge in [-0.1, -0.05) is 97.3 Å². The Morgan fingerprint density at radius 3 is 1.46 bits per heavy atom.